The highest BCUT2D eigenvalue weighted by Gasteiger charge is 2.47. The summed E-state index contributed by atoms with van der Waals surface area (Å²) >= 11 is 0. The van der Waals surface area contributed by atoms with Gasteiger partial charge in [-0.2, -0.15) is 5.01 Å². The SMILES string of the molecule is CCC1(C)NC(=O)N(NC(=O)COC(=O)[C@@H](NC(=O)Cc2ccccc2)C(C)C)C1=O. The molecule has 10 heteroatoms. The molecule has 1 heterocycles. The molecule has 1 aromatic rings. The number of hydrazine groups is 1. The van der Waals surface area contributed by atoms with E-state index in [0.717, 1.165) is 5.56 Å². The highest BCUT2D eigenvalue weighted by atomic mass is 16.5. The van der Waals surface area contributed by atoms with Gasteiger partial charge in [0, 0.05) is 0 Å². The second-order valence-electron chi connectivity index (χ2n) is 7.85. The molecule has 0 aliphatic carbocycles. The summed E-state index contributed by atoms with van der Waals surface area (Å²) in [4.78, 5) is 61.0. The highest BCUT2D eigenvalue weighted by molar-refractivity contribution is 6.07. The van der Waals surface area contributed by atoms with Crippen LogP contribution in [0.25, 0.3) is 0 Å². The standard InChI is InChI=1S/C21H28N4O6/c1-5-21(4)19(29)25(20(30)23-21)24-16(27)12-31-18(28)17(13(2)3)22-15(26)11-14-9-7-6-8-10-14/h6-10,13,17H,5,11-12H2,1-4H3,(H,22,26)(H,23,30)(H,24,27)/t17-,21?/m0/s1. The van der Waals surface area contributed by atoms with Crippen molar-refractivity contribution in [1.82, 2.24) is 21.1 Å². The summed E-state index contributed by atoms with van der Waals surface area (Å²) in [6.45, 7) is 6.02. The van der Waals surface area contributed by atoms with E-state index in [2.05, 4.69) is 16.1 Å². The Balaban J connectivity index is 1.88. The van der Waals surface area contributed by atoms with E-state index in [4.69, 9.17) is 4.74 Å². The van der Waals surface area contributed by atoms with Crippen LogP contribution in [0.15, 0.2) is 30.3 Å². The Morgan fingerprint density at radius 2 is 1.77 bits per heavy atom. The Morgan fingerprint density at radius 1 is 1.13 bits per heavy atom. The number of imide groups is 1. The molecule has 0 spiro atoms. The molecule has 1 aliphatic heterocycles. The molecule has 1 aromatic carbocycles. The van der Waals surface area contributed by atoms with Crippen LogP contribution >= 0.6 is 0 Å². The molecule has 31 heavy (non-hydrogen) atoms. The predicted molar refractivity (Wildman–Crippen MR) is 110 cm³/mol. The van der Waals surface area contributed by atoms with Gasteiger partial charge >= 0.3 is 12.0 Å². The largest absolute Gasteiger partial charge is 0.454 e. The number of hydrogen-bond acceptors (Lipinski definition) is 6. The number of urea groups is 1. The van der Waals surface area contributed by atoms with Crippen molar-refractivity contribution in [1.29, 1.82) is 0 Å². The van der Waals surface area contributed by atoms with Crippen LogP contribution in [0, 0.1) is 5.92 Å². The zero-order valence-corrected chi connectivity index (χ0v) is 18.1. The Hall–Kier alpha value is -3.43. The van der Waals surface area contributed by atoms with E-state index in [-0.39, 0.29) is 18.2 Å². The van der Waals surface area contributed by atoms with Crippen LogP contribution in [0.5, 0.6) is 0 Å². The Labute approximate surface area is 180 Å². The van der Waals surface area contributed by atoms with Crippen molar-refractivity contribution >= 4 is 29.7 Å². The van der Waals surface area contributed by atoms with Crippen LogP contribution in [0.1, 0.15) is 39.7 Å². The first-order chi connectivity index (χ1) is 14.6. The maximum atomic E-state index is 12.4. The van der Waals surface area contributed by atoms with E-state index in [9.17, 15) is 24.0 Å². The quantitative estimate of drug-likeness (QED) is 0.388. The molecule has 1 saturated heterocycles. The number of ether oxygens (including phenoxy) is 1. The number of benzene rings is 1. The molecule has 168 valence electrons. The van der Waals surface area contributed by atoms with E-state index in [0.29, 0.717) is 11.4 Å². The van der Waals surface area contributed by atoms with Crippen LogP contribution in [0.4, 0.5) is 4.79 Å². The normalized spacial score (nSPS) is 19.1. The molecule has 0 saturated carbocycles. The summed E-state index contributed by atoms with van der Waals surface area (Å²) < 4.78 is 5.00. The number of rotatable bonds is 9. The average Bonchev–Trinajstić information content (AvgIpc) is 2.94. The number of hydrogen-bond donors (Lipinski definition) is 3. The number of carbonyl (C=O) groups excluding carboxylic acids is 5. The lowest BCUT2D eigenvalue weighted by atomic mass is 10.00. The van der Waals surface area contributed by atoms with Gasteiger partial charge in [-0.25, -0.2) is 9.59 Å². The van der Waals surface area contributed by atoms with Crippen LogP contribution in [-0.2, 0) is 30.3 Å². The zero-order valence-electron chi connectivity index (χ0n) is 18.1. The molecule has 3 N–H and O–H groups in total. The number of carbonyl (C=O) groups is 5. The first-order valence-corrected chi connectivity index (χ1v) is 10.0. The van der Waals surface area contributed by atoms with Crippen molar-refractivity contribution in [3.8, 4) is 0 Å². The number of nitrogens with one attached hydrogen (secondary N) is 3. The third-order valence-corrected chi connectivity index (χ3v) is 4.99. The Bertz CT molecular complexity index is 857. The van der Waals surface area contributed by atoms with Gasteiger partial charge in [0.2, 0.25) is 5.91 Å². The molecular weight excluding hydrogens is 404 g/mol. The van der Waals surface area contributed by atoms with Crippen LogP contribution in [0.3, 0.4) is 0 Å². The van der Waals surface area contributed by atoms with Gasteiger partial charge in [0.05, 0.1) is 6.42 Å². The lowest BCUT2D eigenvalue weighted by Gasteiger charge is -2.21. The molecule has 5 amide bonds. The third kappa shape index (κ3) is 6.03. The lowest BCUT2D eigenvalue weighted by Crippen LogP contribution is -2.50. The smallest absolute Gasteiger partial charge is 0.344 e. The predicted octanol–water partition coefficient (Wildman–Crippen LogP) is 0.665. The number of amides is 5. The molecule has 2 rings (SSSR count). The van der Waals surface area contributed by atoms with Crippen molar-refractivity contribution in [2.24, 2.45) is 5.92 Å². The summed E-state index contributed by atoms with van der Waals surface area (Å²) in [5.74, 6) is -2.89. The van der Waals surface area contributed by atoms with Gasteiger partial charge in [-0.05, 0) is 24.8 Å². The molecule has 0 bridgehead atoms. The number of nitrogens with zero attached hydrogens (tertiary/aromatic N) is 1. The summed E-state index contributed by atoms with van der Waals surface area (Å²) in [6.07, 6.45) is 0.442. The van der Waals surface area contributed by atoms with Gasteiger partial charge < -0.3 is 15.4 Å². The van der Waals surface area contributed by atoms with Gasteiger partial charge in [-0.1, -0.05) is 51.1 Å². The van der Waals surface area contributed by atoms with Crippen LogP contribution < -0.4 is 16.1 Å². The minimum absolute atomic E-state index is 0.0974. The molecule has 1 aliphatic rings. The van der Waals surface area contributed by atoms with Crippen LogP contribution in [-0.4, -0.2) is 52.9 Å². The monoisotopic (exact) mass is 432 g/mol. The van der Waals surface area contributed by atoms with E-state index in [1.165, 1.54) is 0 Å². The second kappa shape index (κ2) is 10.1. The summed E-state index contributed by atoms with van der Waals surface area (Å²) in [6, 6.07) is 7.33. The lowest BCUT2D eigenvalue weighted by molar-refractivity contribution is -0.154. The highest BCUT2D eigenvalue weighted by Crippen LogP contribution is 2.19. The zero-order chi connectivity index (χ0) is 23.2. The summed E-state index contributed by atoms with van der Waals surface area (Å²) in [5, 5.41) is 5.68. The van der Waals surface area contributed by atoms with Gasteiger partial charge in [0.25, 0.3) is 11.8 Å². The topological polar surface area (TPSA) is 134 Å². The number of esters is 1. The van der Waals surface area contributed by atoms with Crippen molar-refractivity contribution < 1.29 is 28.7 Å². The maximum Gasteiger partial charge on any atom is 0.344 e. The van der Waals surface area contributed by atoms with Crippen molar-refractivity contribution in [3.05, 3.63) is 35.9 Å². The van der Waals surface area contributed by atoms with E-state index >= 15 is 0 Å². The summed E-state index contributed by atoms with van der Waals surface area (Å²) in [5.41, 5.74) is 1.82. The molecule has 1 unspecified atom stereocenters. The molecule has 1 fully saturated rings. The Morgan fingerprint density at radius 3 is 2.32 bits per heavy atom. The van der Waals surface area contributed by atoms with Gasteiger partial charge in [-0.3, -0.25) is 19.8 Å². The van der Waals surface area contributed by atoms with E-state index < -0.39 is 42.0 Å². The average molecular weight is 432 g/mol. The van der Waals surface area contributed by atoms with Crippen molar-refractivity contribution in [2.75, 3.05) is 6.61 Å². The fraction of sp³-hybridized carbons (Fsp3) is 0.476. The molecular formula is C21H28N4O6. The molecule has 10 nitrogen and oxygen atoms in total. The fourth-order valence-electron chi connectivity index (χ4n) is 2.91. The Kier molecular flexibility index (Phi) is 7.73. The van der Waals surface area contributed by atoms with Crippen molar-refractivity contribution in [2.45, 2.75) is 52.1 Å². The minimum Gasteiger partial charge on any atom is -0.454 e. The first kappa shape index (κ1) is 23.8. The summed E-state index contributed by atoms with van der Waals surface area (Å²) in [7, 11) is 0. The third-order valence-electron chi connectivity index (χ3n) is 4.99. The minimum atomic E-state index is -1.10. The van der Waals surface area contributed by atoms with E-state index in [1.807, 2.05) is 18.2 Å². The van der Waals surface area contributed by atoms with E-state index in [1.54, 1.807) is 39.8 Å². The fourth-order valence-corrected chi connectivity index (χ4v) is 2.91. The first-order valence-electron chi connectivity index (χ1n) is 10.0. The van der Waals surface area contributed by atoms with Gasteiger partial charge in [-0.15, -0.1) is 0 Å². The molecule has 2 atom stereocenters. The van der Waals surface area contributed by atoms with Crippen molar-refractivity contribution in [3.63, 3.8) is 0 Å². The van der Waals surface area contributed by atoms with Crippen LogP contribution in [0.2, 0.25) is 0 Å². The van der Waals surface area contributed by atoms with Gasteiger partial charge in [0.15, 0.2) is 6.61 Å². The second-order valence-corrected chi connectivity index (χ2v) is 7.85. The maximum absolute atomic E-state index is 12.4. The molecule has 0 aromatic heterocycles. The van der Waals surface area contributed by atoms with Gasteiger partial charge in [0.1, 0.15) is 11.6 Å². The molecule has 0 radical (unpaired) electrons.